The van der Waals surface area contributed by atoms with Crippen LogP contribution in [0.25, 0.3) is 0 Å². The summed E-state index contributed by atoms with van der Waals surface area (Å²) in [6, 6.07) is 0. The van der Waals surface area contributed by atoms with Crippen molar-refractivity contribution in [3.05, 3.63) is 0 Å². The van der Waals surface area contributed by atoms with E-state index in [0.29, 0.717) is 20.3 Å². The zero-order chi connectivity index (χ0) is 10.7. The summed E-state index contributed by atoms with van der Waals surface area (Å²) < 4.78 is 0.750. The van der Waals surface area contributed by atoms with E-state index >= 15 is 0 Å². The lowest BCUT2D eigenvalue weighted by Gasteiger charge is -2.46. The average Bonchev–Trinajstić information content (AvgIpc) is 1.88. The maximum absolute atomic E-state index is 2.41. The Morgan fingerprint density at radius 2 is 0.769 bits per heavy atom. The minimum absolute atomic E-state index is 0.375. The molecule has 0 unspecified atom stereocenters. The summed E-state index contributed by atoms with van der Waals surface area (Å²) in [7, 11) is 0. The Morgan fingerprint density at radius 1 is 0.538 bits per heavy atom. The fourth-order valence-corrected chi connectivity index (χ4v) is 4.69. The highest BCUT2D eigenvalue weighted by molar-refractivity contribution is 8.02. The van der Waals surface area contributed by atoms with Crippen LogP contribution < -0.4 is 0 Å². The predicted molar refractivity (Wildman–Crippen MR) is 63.3 cm³/mol. The fourth-order valence-electron chi connectivity index (χ4n) is 2.40. The van der Waals surface area contributed by atoms with Gasteiger partial charge in [-0.3, -0.25) is 0 Å². The van der Waals surface area contributed by atoms with E-state index in [4.69, 9.17) is 0 Å². The molecule has 0 aliphatic carbocycles. The Morgan fingerprint density at radius 3 is 0.846 bits per heavy atom. The molecule has 13 heavy (non-hydrogen) atoms. The van der Waals surface area contributed by atoms with Crippen LogP contribution in [0.15, 0.2) is 0 Å². The van der Waals surface area contributed by atoms with Gasteiger partial charge in [-0.15, -0.1) is 11.8 Å². The van der Waals surface area contributed by atoms with E-state index in [1.807, 2.05) is 0 Å². The number of rotatable bonds is 0. The molecule has 1 aliphatic heterocycles. The standard InChI is InChI=1S/C12H24S/c1-9(2)10(3,4)12(7,8)13-11(9,5)6/h1-8H3. The van der Waals surface area contributed by atoms with Crippen molar-refractivity contribution in [2.75, 3.05) is 0 Å². The van der Waals surface area contributed by atoms with Crippen molar-refractivity contribution in [3.8, 4) is 0 Å². The zero-order valence-electron chi connectivity index (χ0n) is 10.4. The van der Waals surface area contributed by atoms with Crippen molar-refractivity contribution in [3.63, 3.8) is 0 Å². The molecule has 0 spiro atoms. The monoisotopic (exact) mass is 200 g/mol. The zero-order valence-corrected chi connectivity index (χ0v) is 11.2. The lowest BCUT2D eigenvalue weighted by Crippen LogP contribution is -2.45. The van der Waals surface area contributed by atoms with Gasteiger partial charge in [-0.25, -0.2) is 0 Å². The Balaban J connectivity index is 3.24. The second kappa shape index (κ2) is 2.48. The van der Waals surface area contributed by atoms with Gasteiger partial charge in [0.05, 0.1) is 0 Å². The summed E-state index contributed by atoms with van der Waals surface area (Å²) in [4.78, 5) is 0. The van der Waals surface area contributed by atoms with Gasteiger partial charge in [-0.1, -0.05) is 55.4 Å². The van der Waals surface area contributed by atoms with Crippen LogP contribution in [0.5, 0.6) is 0 Å². The van der Waals surface area contributed by atoms with Crippen LogP contribution in [0.4, 0.5) is 0 Å². The predicted octanol–water partition coefficient (Wildman–Crippen LogP) is 4.34. The molecule has 1 saturated heterocycles. The van der Waals surface area contributed by atoms with E-state index in [2.05, 4.69) is 67.2 Å². The highest BCUT2D eigenvalue weighted by Gasteiger charge is 2.63. The first-order valence-corrected chi connectivity index (χ1v) is 5.97. The van der Waals surface area contributed by atoms with Crippen LogP contribution in [0, 0.1) is 10.8 Å². The smallest absolute Gasteiger partial charge is 0.0165 e. The first-order valence-electron chi connectivity index (χ1n) is 5.16. The molecular weight excluding hydrogens is 176 g/mol. The molecule has 78 valence electrons. The van der Waals surface area contributed by atoms with Gasteiger partial charge >= 0.3 is 0 Å². The lowest BCUT2D eigenvalue weighted by molar-refractivity contribution is 0.0698. The number of thioether (sulfide) groups is 1. The summed E-state index contributed by atoms with van der Waals surface area (Å²) in [6.45, 7) is 19.2. The van der Waals surface area contributed by atoms with Gasteiger partial charge in [0.1, 0.15) is 0 Å². The van der Waals surface area contributed by atoms with Crippen LogP contribution in [0.3, 0.4) is 0 Å². The van der Waals surface area contributed by atoms with Crippen molar-refractivity contribution >= 4 is 11.8 Å². The molecule has 0 bridgehead atoms. The molecule has 0 N–H and O–H groups in total. The van der Waals surface area contributed by atoms with Crippen LogP contribution >= 0.6 is 11.8 Å². The number of hydrogen-bond acceptors (Lipinski definition) is 1. The third-order valence-electron chi connectivity index (χ3n) is 5.08. The van der Waals surface area contributed by atoms with Gasteiger partial charge in [-0.05, 0) is 10.8 Å². The summed E-state index contributed by atoms with van der Waals surface area (Å²) >= 11 is 2.14. The third kappa shape index (κ3) is 1.19. The van der Waals surface area contributed by atoms with E-state index < -0.39 is 0 Å². The molecule has 1 aliphatic rings. The summed E-state index contributed by atoms with van der Waals surface area (Å²) in [5.74, 6) is 0. The van der Waals surface area contributed by atoms with E-state index in [0.717, 1.165) is 0 Å². The van der Waals surface area contributed by atoms with Gasteiger partial charge in [0, 0.05) is 9.49 Å². The molecule has 0 saturated carbocycles. The van der Waals surface area contributed by atoms with E-state index in [1.165, 1.54) is 0 Å². The van der Waals surface area contributed by atoms with Gasteiger partial charge in [0.2, 0.25) is 0 Å². The highest BCUT2D eigenvalue weighted by atomic mass is 32.2. The Hall–Kier alpha value is 0.350. The molecule has 0 nitrogen and oxygen atoms in total. The Bertz CT molecular complexity index is 197. The van der Waals surface area contributed by atoms with Gasteiger partial charge in [0.15, 0.2) is 0 Å². The molecule has 1 heterocycles. The van der Waals surface area contributed by atoms with Gasteiger partial charge < -0.3 is 0 Å². The Kier molecular flexibility index (Phi) is 2.18. The van der Waals surface area contributed by atoms with E-state index in [9.17, 15) is 0 Å². The van der Waals surface area contributed by atoms with E-state index in [-0.39, 0.29) is 0 Å². The summed E-state index contributed by atoms with van der Waals surface area (Å²) in [5, 5.41) is 0. The average molecular weight is 200 g/mol. The van der Waals surface area contributed by atoms with Gasteiger partial charge in [-0.2, -0.15) is 0 Å². The highest BCUT2D eigenvalue weighted by Crippen LogP contribution is 2.69. The normalized spacial score (nSPS) is 33.2. The largest absolute Gasteiger partial charge is 0.148 e. The minimum atomic E-state index is 0.375. The maximum atomic E-state index is 2.41. The fraction of sp³-hybridized carbons (Fsp3) is 1.00. The van der Waals surface area contributed by atoms with Gasteiger partial charge in [0.25, 0.3) is 0 Å². The second-order valence-electron chi connectivity index (χ2n) is 6.37. The van der Waals surface area contributed by atoms with Crippen molar-refractivity contribution < 1.29 is 0 Å². The Labute approximate surface area is 87.9 Å². The maximum Gasteiger partial charge on any atom is 0.0165 e. The topological polar surface area (TPSA) is 0 Å². The molecule has 0 aromatic heterocycles. The molecule has 0 radical (unpaired) electrons. The van der Waals surface area contributed by atoms with E-state index in [1.54, 1.807) is 0 Å². The second-order valence-corrected chi connectivity index (χ2v) is 8.62. The van der Waals surface area contributed by atoms with Crippen LogP contribution in [0.1, 0.15) is 55.4 Å². The van der Waals surface area contributed by atoms with Crippen LogP contribution in [0.2, 0.25) is 0 Å². The van der Waals surface area contributed by atoms with Crippen LogP contribution in [-0.2, 0) is 0 Å². The lowest BCUT2D eigenvalue weighted by atomic mass is 9.57. The van der Waals surface area contributed by atoms with Crippen molar-refractivity contribution in [1.82, 2.24) is 0 Å². The van der Waals surface area contributed by atoms with Crippen LogP contribution in [-0.4, -0.2) is 9.49 Å². The minimum Gasteiger partial charge on any atom is -0.148 e. The molecule has 0 aromatic rings. The van der Waals surface area contributed by atoms with Crippen molar-refractivity contribution in [2.45, 2.75) is 64.9 Å². The third-order valence-corrected chi connectivity index (χ3v) is 7.12. The summed E-state index contributed by atoms with van der Waals surface area (Å²) in [6.07, 6.45) is 0. The SMILES string of the molecule is CC1(C)SC(C)(C)C(C)(C)C1(C)C. The molecule has 0 amide bonds. The van der Waals surface area contributed by atoms with Crippen molar-refractivity contribution in [2.24, 2.45) is 10.8 Å². The molecule has 0 atom stereocenters. The quantitative estimate of drug-likeness (QED) is 0.560. The molecule has 1 heteroatoms. The molecule has 1 fully saturated rings. The van der Waals surface area contributed by atoms with Crippen molar-refractivity contribution in [1.29, 1.82) is 0 Å². The summed E-state index contributed by atoms with van der Waals surface area (Å²) in [5.41, 5.74) is 0.766. The molecule has 1 rings (SSSR count). The number of hydrogen-bond donors (Lipinski definition) is 0. The molecular formula is C12H24S. The first-order chi connectivity index (χ1) is 5.46. The molecule has 0 aromatic carbocycles. The first kappa shape index (κ1) is 11.4.